The number of nitrogens with one attached hydrogen (secondary N) is 1. The third-order valence-corrected chi connectivity index (χ3v) is 8.54. The average Bonchev–Trinajstić information content (AvgIpc) is 3.45. The van der Waals surface area contributed by atoms with Crippen molar-refractivity contribution in [2.45, 2.75) is 23.9 Å². The first-order valence-electron chi connectivity index (χ1n) is 13.0. The highest BCUT2D eigenvalue weighted by molar-refractivity contribution is 7.89. The number of methoxy groups -OCH3 is 2. The highest BCUT2D eigenvalue weighted by Crippen LogP contribution is 2.33. The van der Waals surface area contributed by atoms with Crippen molar-refractivity contribution in [2.24, 2.45) is 0 Å². The van der Waals surface area contributed by atoms with Crippen LogP contribution in [0.4, 0.5) is 0 Å². The molecule has 5 rings (SSSR count). The van der Waals surface area contributed by atoms with E-state index in [1.165, 1.54) is 32.4 Å². The molecule has 10 nitrogen and oxygen atoms in total. The highest BCUT2D eigenvalue weighted by Gasteiger charge is 2.32. The van der Waals surface area contributed by atoms with Crippen LogP contribution in [0.25, 0.3) is 0 Å². The van der Waals surface area contributed by atoms with E-state index >= 15 is 0 Å². The number of benzene rings is 3. The predicted molar refractivity (Wildman–Crippen MR) is 148 cm³/mol. The fraction of sp³-hybridized carbons (Fsp3) is 0.345. The second-order valence-corrected chi connectivity index (χ2v) is 11.4. The van der Waals surface area contributed by atoms with Gasteiger partial charge in [-0.15, -0.1) is 0 Å². The van der Waals surface area contributed by atoms with Crippen LogP contribution >= 0.6 is 0 Å². The van der Waals surface area contributed by atoms with Crippen molar-refractivity contribution in [1.29, 1.82) is 0 Å². The minimum Gasteiger partial charge on any atom is -0.493 e. The van der Waals surface area contributed by atoms with Crippen LogP contribution < -0.4 is 23.7 Å². The summed E-state index contributed by atoms with van der Waals surface area (Å²) in [7, 11) is -1.12. The van der Waals surface area contributed by atoms with Crippen LogP contribution in [0, 0.1) is 0 Å². The van der Waals surface area contributed by atoms with E-state index in [4.69, 9.17) is 18.9 Å². The van der Waals surface area contributed by atoms with Gasteiger partial charge in [0.05, 0.1) is 19.1 Å². The Morgan fingerprint density at radius 2 is 1.60 bits per heavy atom. The van der Waals surface area contributed by atoms with Gasteiger partial charge >= 0.3 is 0 Å². The SMILES string of the molecule is COc1ccc(S(=O)(=O)NC(Cc2ccccc2)C(=O)N2CCN(Cc3ccc4c(c3)OCO4)CC2)cc1OC. The van der Waals surface area contributed by atoms with Gasteiger partial charge in [0.1, 0.15) is 6.04 Å². The average molecular weight is 568 g/mol. The molecule has 1 unspecified atom stereocenters. The molecular formula is C29H33N3O7S. The lowest BCUT2D eigenvalue weighted by molar-refractivity contribution is -0.134. The number of piperazine rings is 1. The van der Waals surface area contributed by atoms with Crippen molar-refractivity contribution in [2.75, 3.05) is 47.2 Å². The Labute approximate surface area is 234 Å². The molecule has 1 atom stereocenters. The first-order valence-corrected chi connectivity index (χ1v) is 14.5. The van der Waals surface area contributed by atoms with Gasteiger partial charge in [0, 0.05) is 38.8 Å². The number of hydrogen-bond donors (Lipinski definition) is 1. The van der Waals surface area contributed by atoms with Gasteiger partial charge in [-0.2, -0.15) is 4.72 Å². The van der Waals surface area contributed by atoms with Gasteiger partial charge < -0.3 is 23.8 Å². The normalized spacial score (nSPS) is 16.0. The molecule has 1 amide bonds. The molecule has 3 aromatic rings. The molecule has 0 bridgehead atoms. The van der Waals surface area contributed by atoms with Crippen molar-refractivity contribution in [3.8, 4) is 23.0 Å². The summed E-state index contributed by atoms with van der Waals surface area (Å²) < 4.78 is 50.9. The first-order chi connectivity index (χ1) is 19.4. The van der Waals surface area contributed by atoms with Gasteiger partial charge in [0.2, 0.25) is 22.7 Å². The summed E-state index contributed by atoms with van der Waals surface area (Å²) >= 11 is 0. The van der Waals surface area contributed by atoms with Crippen molar-refractivity contribution >= 4 is 15.9 Å². The monoisotopic (exact) mass is 567 g/mol. The Balaban J connectivity index is 1.28. The van der Waals surface area contributed by atoms with Crippen LogP contribution in [-0.4, -0.2) is 77.4 Å². The van der Waals surface area contributed by atoms with E-state index in [2.05, 4.69) is 9.62 Å². The van der Waals surface area contributed by atoms with Crippen molar-refractivity contribution < 1.29 is 32.2 Å². The lowest BCUT2D eigenvalue weighted by Gasteiger charge is -2.36. The summed E-state index contributed by atoms with van der Waals surface area (Å²) in [5, 5.41) is 0. The fourth-order valence-corrected chi connectivity index (χ4v) is 6.12. The van der Waals surface area contributed by atoms with Crippen LogP contribution in [0.3, 0.4) is 0 Å². The number of amides is 1. The molecule has 0 spiro atoms. The van der Waals surface area contributed by atoms with Gasteiger partial charge in [-0.1, -0.05) is 36.4 Å². The standard InChI is InChI=1S/C29H33N3O7S/c1-36-25-11-9-23(18-27(25)37-2)40(34,35)30-24(16-21-6-4-3-5-7-21)29(33)32-14-12-31(13-15-32)19-22-8-10-26-28(17-22)39-20-38-26/h3-11,17-18,24,30H,12-16,19-20H2,1-2H3. The number of fused-ring (bicyclic) bond motifs is 1. The van der Waals surface area contributed by atoms with Gasteiger partial charge in [-0.25, -0.2) is 8.42 Å². The minimum absolute atomic E-state index is 0.00967. The summed E-state index contributed by atoms with van der Waals surface area (Å²) in [6.45, 7) is 3.28. The third kappa shape index (κ3) is 6.33. The van der Waals surface area contributed by atoms with E-state index in [0.717, 1.165) is 29.2 Å². The maximum absolute atomic E-state index is 13.7. The van der Waals surface area contributed by atoms with Crippen molar-refractivity contribution in [1.82, 2.24) is 14.5 Å². The molecule has 11 heteroatoms. The Morgan fingerprint density at radius 1 is 0.875 bits per heavy atom. The summed E-state index contributed by atoms with van der Waals surface area (Å²) in [4.78, 5) is 17.7. The molecular weight excluding hydrogens is 534 g/mol. The predicted octanol–water partition coefficient (Wildman–Crippen LogP) is 2.67. The second-order valence-electron chi connectivity index (χ2n) is 9.67. The molecule has 3 aromatic carbocycles. The van der Waals surface area contributed by atoms with E-state index in [-0.39, 0.29) is 29.8 Å². The molecule has 0 saturated carbocycles. The number of rotatable bonds is 10. The number of sulfonamides is 1. The Morgan fingerprint density at radius 3 is 2.33 bits per heavy atom. The number of carbonyl (C=O) groups excluding carboxylic acids is 1. The molecule has 2 heterocycles. The number of ether oxygens (including phenoxy) is 4. The number of carbonyl (C=O) groups is 1. The largest absolute Gasteiger partial charge is 0.493 e. The van der Waals surface area contributed by atoms with Crippen molar-refractivity contribution in [3.05, 3.63) is 77.9 Å². The molecule has 1 N–H and O–H groups in total. The maximum Gasteiger partial charge on any atom is 0.241 e. The first kappa shape index (κ1) is 27.8. The van der Waals surface area contributed by atoms with Crippen LogP contribution in [0.5, 0.6) is 23.0 Å². The van der Waals surface area contributed by atoms with E-state index in [1.54, 1.807) is 4.90 Å². The molecule has 2 aliphatic rings. The molecule has 0 aliphatic carbocycles. The Bertz CT molecular complexity index is 1440. The summed E-state index contributed by atoms with van der Waals surface area (Å²) in [6, 6.07) is 18.7. The van der Waals surface area contributed by atoms with Crippen LogP contribution in [0.1, 0.15) is 11.1 Å². The van der Waals surface area contributed by atoms with E-state index in [1.807, 2.05) is 48.5 Å². The zero-order chi connectivity index (χ0) is 28.1. The molecule has 0 radical (unpaired) electrons. The van der Waals surface area contributed by atoms with Gasteiger partial charge in [0.25, 0.3) is 0 Å². The smallest absolute Gasteiger partial charge is 0.241 e. The molecule has 1 saturated heterocycles. The fourth-order valence-electron chi connectivity index (χ4n) is 4.91. The molecule has 1 fully saturated rings. The van der Waals surface area contributed by atoms with Crippen molar-refractivity contribution in [3.63, 3.8) is 0 Å². The topological polar surface area (TPSA) is 107 Å². The zero-order valence-electron chi connectivity index (χ0n) is 22.5. The van der Waals surface area contributed by atoms with E-state index in [9.17, 15) is 13.2 Å². The summed E-state index contributed by atoms with van der Waals surface area (Å²) in [6.07, 6.45) is 0.226. The van der Waals surface area contributed by atoms with Gasteiger partial charge in [0.15, 0.2) is 23.0 Å². The number of nitrogens with zero attached hydrogens (tertiary/aromatic N) is 2. The lowest BCUT2D eigenvalue weighted by Crippen LogP contribution is -2.55. The molecule has 40 heavy (non-hydrogen) atoms. The summed E-state index contributed by atoms with van der Waals surface area (Å²) in [5.74, 6) is 1.94. The zero-order valence-corrected chi connectivity index (χ0v) is 23.4. The van der Waals surface area contributed by atoms with Gasteiger partial charge in [-0.05, 0) is 41.8 Å². The van der Waals surface area contributed by atoms with Crippen LogP contribution in [0.2, 0.25) is 0 Å². The lowest BCUT2D eigenvalue weighted by atomic mass is 10.1. The number of hydrogen-bond acceptors (Lipinski definition) is 8. The Kier molecular flexibility index (Phi) is 8.43. The van der Waals surface area contributed by atoms with Crippen LogP contribution in [-0.2, 0) is 27.8 Å². The van der Waals surface area contributed by atoms with Gasteiger partial charge in [-0.3, -0.25) is 9.69 Å². The van der Waals surface area contributed by atoms with E-state index in [0.29, 0.717) is 31.9 Å². The molecule has 0 aromatic heterocycles. The van der Waals surface area contributed by atoms with Crippen LogP contribution in [0.15, 0.2) is 71.6 Å². The minimum atomic E-state index is -4.04. The molecule has 2 aliphatic heterocycles. The highest BCUT2D eigenvalue weighted by atomic mass is 32.2. The second kappa shape index (κ2) is 12.2. The van der Waals surface area contributed by atoms with E-state index < -0.39 is 16.1 Å². The Hall–Kier alpha value is -3.80. The quantitative estimate of drug-likeness (QED) is 0.399. The summed E-state index contributed by atoms with van der Waals surface area (Å²) in [5.41, 5.74) is 1.96. The third-order valence-electron chi connectivity index (χ3n) is 7.07. The maximum atomic E-state index is 13.7. The molecule has 212 valence electrons.